The van der Waals surface area contributed by atoms with E-state index < -0.39 is 0 Å². The van der Waals surface area contributed by atoms with Crippen LogP contribution in [0.2, 0.25) is 5.15 Å². The zero-order valence-electron chi connectivity index (χ0n) is 15.2. The fraction of sp³-hybridized carbons (Fsp3) is 0.316. The average molecular weight is 502 g/mol. The van der Waals surface area contributed by atoms with E-state index >= 15 is 0 Å². The number of amides is 1. The molecule has 0 atom stereocenters. The number of carbonyl (C=O) groups excluding carboxylic acids is 1. The molecule has 0 aliphatic heterocycles. The molecule has 0 spiro atoms. The van der Waals surface area contributed by atoms with Gasteiger partial charge in [0.05, 0.1) is 0 Å². The minimum Gasteiger partial charge on any atom is -0.356 e. The third-order valence-corrected chi connectivity index (χ3v) is 3.92. The van der Waals surface area contributed by atoms with E-state index in [1.807, 2.05) is 36.4 Å². The Morgan fingerprint density at radius 2 is 1.78 bits per heavy atom. The Labute approximate surface area is 182 Å². The number of guanidine groups is 1. The van der Waals surface area contributed by atoms with E-state index in [4.69, 9.17) is 11.6 Å². The first-order valence-electron chi connectivity index (χ1n) is 8.53. The summed E-state index contributed by atoms with van der Waals surface area (Å²) in [6.07, 6.45) is 2.95. The Bertz CT molecular complexity index is 710. The summed E-state index contributed by atoms with van der Waals surface area (Å²) in [5.74, 6) is 0.673. The molecule has 1 aromatic carbocycles. The molecule has 2 rings (SSSR count). The summed E-state index contributed by atoms with van der Waals surface area (Å²) in [7, 11) is 1.70. The lowest BCUT2D eigenvalue weighted by atomic mass is 10.2. The van der Waals surface area contributed by atoms with Gasteiger partial charge >= 0.3 is 0 Å². The van der Waals surface area contributed by atoms with Crippen LogP contribution in [0.4, 0.5) is 0 Å². The van der Waals surface area contributed by atoms with Crippen molar-refractivity contribution in [2.45, 2.75) is 19.4 Å². The first-order valence-corrected chi connectivity index (χ1v) is 8.91. The fourth-order valence-electron chi connectivity index (χ4n) is 2.28. The maximum Gasteiger partial charge on any atom is 0.222 e. The van der Waals surface area contributed by atoms with E-state index in [2.05, 4.69) is 25.9 Å². The first-order chi connectivity index (χ1) is 12.7. The predicted octanol–water partition coefficient (Wildman–Crippen LogP) is 2.77. The second-order valence-corrected chi connectivity index (χ2v) is 6.06. The second kappa shape index (κ2) is 13.3. The quantitative estimate of drug-likeness (QED) is 0.225. The Kier molecular flexibility index (Phi) is 11.4. The molecule has 1 aromatic heterocycles. The fourth-order valence-corrected chi connectivity index (χ4v) is 2.39. The van der Waals surface area contributed by atoms with Crippen molar-refractivity contribution < 1.29 is 4.79 Å². The van der Waals surface area contributed by atoms with E-state index in [-0.39, 0.29) is 29.9 Å². The molecule has 0 saturated heterocycles. The van der Waals surface area contributed by atoms with Crippen molar-refractivity contribution in [1.29, 1.82) is 0 Å². The van der Waals surface area contributed by atoms with E-state index in [0.717, 1.165) is 17.5 Å². The summed E-state index contributed by atoms with van der Waals surface area (Å²) in [5, 5.41) is 9.74. The number of hydrogen-bond acceptors (Lipinski definition) is 3. The molecule has 0 aliphatic carbocycles. The molecular formula is C19H25ClIN5O. The molecule has 0 saturated carbocycles. The summed E-state index contributed by atoms with van der Waals surface area (Å²) >= 11 is 5.77. The van der Waals surface area contributed by atoms with Crippen molar-refractivity contribution in [3.05, 3.63) is 64.9 Å². The molecule has 0 aliphatic rings. The second-order valence-electron chi connectivity index (χ2n) is 5.68. The molecular weight excluding hydrogens is 477 g/mol. The summed E-state index contributed by atoms with van der Waals surface area (Å²) in [4.78, 5) is 20.1. The third kappa shape index (κ3) is 9.58. The minimum absolute atomic E-state index is 0. The molecule has 1 amide bonds. The molecule has 27 heavy (non-hydrogen) atoms. The highest BCUT2D eigenvalue weighted by atomic mass is 127. The summed E-state index contributed by atoms with van der Waals surface area (Å²) in [5.41, 5.74) is 2.18. The summed E-state index contributed by atoms with van der Waals surface area (Å²) < 4.78 is 0. The van der Waals surface area contributed by atoms with E-state index in [1.165, 1.54) is 0 Å². The van der Waals surface area contributed by atoms with Crippen LogP contribution in [-0.4, -0.2) is 37.0 Å². The van der Waals surface area contributed by atoms with Gasteiger partial charge in [-0.15, -0.1) is 24.0 Å². The highest BCUT2D eigenvalue weighted by Gasteiger charge is 2.03. The number of benzene rings is 1. The molecule has 0 unspecified atom stereocenters. The minimum atomic E-state index is 0. The van der Waals surface area contributed by atoms with Gasteiger partial charge in [0, 0.05) is 39.3 Å². The predicted molar refractivity (Wildman–Crippen MR) is 121 cm³/mol. The van der Waals surface area contributed by atoms with Crippen LogP contribution in [0.1, 0.15) is 17.5 Å². The highest BCUT2D eigenvalue weighted by Crippen LogP contribution is 2.05. The average Bonchev–Trinajstić information content (AvgIpc) is 2.67. The van der Waals surface area contributed by atoms with Crippen molar-refractivity contribution in [2.24, 2.45) is 4.99 Å². The molecule has 3 N–H and O–H groups in total. The van der Waals surface area contributed by atoms with Gasteiger partial charge in [-0.1, -0.05) is 48.0 Å². The van der Waals surface area contributed by atoms with Crippen molar-refractivity contribution >= 4 is 47.4 Å². The molecule has 0 bridgehead atoms. The summed E-state index contributed by atoms with van der Waals surface area (Å²) in [6, 6.07) is 13.6. The maximum atomic E-state index is 11.9. The molecule has 8 heteroatoms. The normalized spacial score (nSPS) is 10.7. The SMILES string of the molecule is CN=C(NCCC(=O)NCc1ccccc1)NCCc1ccc(Cl)nc1.I. The number of aromatic nitrogens is 1. The van der Waals surface area contributed by atoms with Gasteiger partial charge in [0.25, 0.3) is 0 Å². The van der Waals surface area contributed by atoms with Gasteiger partial charge in [0.15, 0.2) is 5.96 Å². The lowest BCUT2D eigenvalue weighted by Gasteiger charge is -2.12. The van der Waals surface area contributed by atoms with Crippen molar-refractivity contribution in [2.75, 3.05) is 20.1 Å². The standard InChI is InChI=1S/C19H24ClN5O.HI/c1-21-19(22-11-9-16-7-8-17(20)24-13-16)23-12-10-18(26)25-14-15-5-3-2-4-6-15;/h2-8,13H,9-12,14H2,1H3,(H,25,26)(H2,21,22,23);1H. The van der Waals surface area contributed by atoms with E-state index in [1.54, 1.807) is 19.3 Å². The van der Waals surface area contributed by atoms with Gasteiger partial charge in [0.2, 0.25) is 5.91 Å². The molecule has 0 fully saturated rings. The smallest absolute Gasteiger partial charge is 0.222 e. The summed E-state index contributed by atoms with van der Waals surface area (Å²) in [6.45, 7) is 1.77. The van der Waals surface area contributed by atoms with Crippen LogP contribution in [0, 0.1) is 0 Å². The number of halogens is 2. The molecule has 6 nitrogen and oxygen atoms in total. The zero-order chi connectivity index (χ0) is 18.6. The van der Waals surface area contributed by atoms with Crippen LogP contribution in [-0.2, 0) is 17.8 Å². The molecule has 2 aromatic rings. The van der Waals surface area contributed by atoms with Gasteiger partial charge in [-0.2, -0.15) is 0 Å². The molecule has 1 heterocycles. The number of carbonyl (C=O) groups is 1. The first kappa shape index (κ1) is 23.2. The van der Waals surface area contributed by atoms with Gasteiger partial charge in [-0.3, -0.25) is 9.79 Å². The largest absolute Gasteiger partial charge is 0.356 e. The van der Waals surface area contributed by atoms with Gasteiger partial charge in [-0.05, 0) is 23.6 Å². The number of nitrogens with one attached hydrogen (secondary N) is 3. The monoisotopic (exact) mass is 501 g/mol. The molecule has 146 valence electrons. The van der Waals surface area contributed by atoms with E-state index in [0.29, 0.717) is 37.2 Å². The number of hydrogen-bond donors (Lipinski definition) is 3. The lowest BCUT2D eigenvalue weighted by Crippen LogP contribution is -2.40. The van der Waals surface area contributed by atoms with Crippen molar-refractivity contribution in [1.82, 2.24) is 20.9 Å². The zero-order valence-corrected chi connectivity index (χ0v) is 18.3. The van der Waals surface area contributed by atoms with Crippen molar-refractivity contribution in [3.63, 3.8) is 0 Å². The Morgan fingerprint density at radius 3 is 2.44 bits per heavy atom. The highest BCUT2D eigenvalue weighted by molar-refractivity contribution is 14.0. The van der Waals surface area contributed by atoms with Crippen LogP contribution >= 0.6 is 35.6 Å². The van der Waals surface area contributed by atoms with Crippen LogP contribution < -0.4 is 16.0 Å². The Balaban J connectivity index is 0.00000364. The number of nitrogens with zero attached hydrogens (tertiary/aromatic N) is 2. The van der Waals surface area contributed by atoms with Crippen LogP contribution in [0.3, 0.4) is 0 Å². The Morgan fingerprint density at radius 1 is 1.04 bits per heavy atom. The number of pyridine rings is 1. The van der Waals surface area contributed by atoms with E-state index in [9.17, 15) is 4.79 Å². The lowest BCUT2D eigenvalue weighted by molar-refractivity contribution is -0.121. The number of aliphatic imine (C=N–C) groups is 1. The van der Waals surface area contributed by atoms with Gasteiger partial charge < -0.3 is 16.0 Å². The molecule has 0 radical (unpaired) electrons. The van der Waals surface area contributed by atoms with Gasteiger partial charge in [-0.25, -0.2) is 4.98 Å². The number of rotatable bonds is 8. The van der Waals surface area contributed by atoms with Crippen LogP contribution in [0.15, 0.2) is 53.7 Å². The van der Waals surface area contributed by atoms with Crippen LogP contribution in [0.5, 0.6) is 0 Å². The van der Waals surface area contributed by atoms with Gasteiger partial charge in [0.1, 0.15) is 5.15 Å². The van der Waals surface area contributed by atoms with Crippen molar-refractivity contribution in [3.8, 4) is 0 Å². The maximum absolute atomic E-state index is 11.9. The Hall–Kier alpha value is -1.87. The topological polar surface area (TPSA) is 78.4 Å². The van der Waals surface area contributed by atoms with Crippen LogP contribution in [0.25, 0.3) is 0 Å². The third-order valence-electron chi connectivity index (χ3n) is 3.70.